The van der Waals surface area contributed by atoms with Gasteiger partial charge in [0, 0.05) is 12.3 Å². The average Bonchev–Trinajstić information content (AvgIpc) is 2.88. The van der Waals surface area contributed by atoms with E-state index in [1.54, 1.807) is 10.9 Å². The molecule has 0 unspecified atom stereocenters. The predicted octanol–water partition coefficient (Wildman–Crippen LogP) is 2.59. The normalized spacial score (nSPS) is 10.5. The number of aryl methyl sites for hydroxylation is 2. The van der Waals surface area contributed by atoms with E-state index < -0.39 is 0 Å². The van der Waals surface area contributed by atoms with Crippen molar-refractivity contribution >= 4 is 11.7 Å². The molecule has 0 aliphatic heterocycles. The van der Waals surface area contributed by atoms with Gasteiger partial charge in [-0.2, -0.15) is 5.10 Å². The van der Waals surface area contributed by atoms with Crippen molar-refractivity contribution < 1.29 is 4.79 Å². The predicted molar refractivity (Wildman–Crippen MR) is 87.2 cm³/mol. The summed E-state index contributed by atoms with van der Waals surface area (Å²) in [4.78, 5) is 20.5. The van der Waals surface area contributed by atoms with Crippen molar-refractivity contribution in [2.24, 2.45) is 0 Å². The van der Waals surface area contributed by atoms with E-state index in [1.165, 1.54) is 6.20 Å². The summed E-state index contributed by atoms with van der Waals surface area (Å²) in [6, 6.07) is 11.8. The molecule has 6 nitrogen and oxygen atoms in total. The van der Waals surface area contributed by atoms with Gasteiger partial charge in [0.2, 0.25) is 0 Å². The van der Waals surface area contributed by atoms with Crippen molar-refractivity contribution in [3.05, 3.63) is 71.4 Å². The van der Waals surface area contributed by atoms with E-state index in [0.717, 1.165) is 17.0 Å². The highest BCUT2D eigenvalue weighted by molar-refractivity contribution is 6.02. The van der Waals surface area contributed by atoms with Gasteiger partial charge in [-0.15, -0.1) is 0 Å². The first kappa shape index (κ1) is 14.9. The van der Waals surface area contributed by atoms with E-state index >= 15 is 0 Å². The number of amides is 1. The number of carbonyl (C=O) groups is 1. The molecule has 6 heteroatoms. The summed E-state index contributed by atoms with van der Waals surface area (Å²) in [5, 5.41) is 7.28. The van der Waals surface area contributed by atoms with Gasteiger partial charge in [-0.3, -0.25) is 9.78 Å². The molecule has 23 heavy (non-hydrogen) atoms. The first-order chi connectivity index (χ1) is 11.1. The minimum Gasteiger partial charge on any atom is -0.305 e. The fourth-order valence-electron chi connectivity index (χ4n) is 2.21. The lowest BCUT2D eigenvalue weighted by Crippen LogP contribution is -2.17. The van der Waals surface area contributed by atoms with Crippen molar-refractivity contribution in [1.82, 2.24) is 19.7 Å². The lowest BCUT2D eigenvalue weighted by molar-refractivity contribution is 0.102. The van der Waals surface area contributed by atoms with Crippen LogP contribution in [0.15, 0.2) is 48.8 Å². The van der Waals surface area contributed by atoms with Crippen LogP contribution in [0.1, 0.15) is 27.4 Å². The Kier molecular flexibility index (Phi) is 4.14. The second-order valence-corrected chi connectivity index (χ2v) is 5.31. The minimum atomic E-state index is -0.299. The summed E-state index contributed by atoms with van der Waals surface area (Å²) in [5.74, 6) is 0.338. The summed E-state index contributed by atoms with van der Waals surface area (Å²) in [5.41, 5.74) is 3.00. The summed E-state index contributed by atoms with van der Waals surface area (Å²) in [6.45, 7) is 4.31. The lowest BCUT2D eigenvalue weighted by atomic mass is 10.2. The molecular weight excluding hydrogens is 290 g/mol. The van der Waals surface area contributed by atoms with E-state index in [9.17, 15) is 4.79 Å². The number of nitrogens with zero attached hydrogens (tertiary/aromatic N) is 4. The average molecular weight is 307 g/mol. The number of hydrogen-bond acceptors (Lipinski definition) is 4. The fourth-order valence-corrected chi connectivity index (χ4v) is 2.21. The van der Waals surface area contributed by atoms with E-state index in [2.05, 4.69) is 20.4 Å². The maximum Gasteiger partial charge on any atom is 0.277 e. The van der Waals surface area contributed by atoms with Crippen LogP contribution in [0.4, 0.5) is 5.82 Å². The molecule has 0 aliphatic rings. The van der Waals surface area contributed by atoms with Crippen molar-refractivity contribution in [1.29, 1.82) is 0 Å². The third-order valence-electron chi connectivity index (χ3n) is 3.33. The Morgan fingerprint density at radius 2 is 1.87 bits per heavy atom. The largest absolute Gasteiger partial charge is 0.305 e. The smallest absolute Gasteiger partial charge is 0.277 e. The molecular formula is C17H17N5O. The van der Waals surface area contributed by atoms with Crippen LogP contribution in [0.5, 0.6) is 0 Å². The molecule has 0 saturated heterocycles. The Balaban J connectivity index is 1.80. The van der Waals surface area contributed by atoms with Gasteiger partial charge in [0.15, 0.2) is 0 Å². The lowest BCUT2D eigenvalue weighted by Gasteiger charge is -2.08. The van der Waals surface area contributed by atoms with E-state index in [0.29, 0.717) is 12.4 Å². The molecule has 2 heterocycles. The third-order valence-corrected chi connectivity index (χ3v) is 3.33. The van der Waals surface area contributed by atoms with Crippen LogP contribution in [-0.4, -0.2) is 25.7 Å². The van der Waals surface area contributed by atoms with Crippen LogP contribution in [0.25, 0.3) is 0 Å². The van der Waals surface area contributed by atoms with Gasteiger partial charge < -0.3 is 5.32 Å². The van der Waals surface area contributed by atoms with Gasteiger partial charge in [-0.1, -0.05) is 30.3 Å². The summed E-state index contributed by atoms with van der Waals surface area (Å²) in [7, 11) is 0. The Labute approximate surface area is 134 Å². The summed E-state index contributed by atoms with van der Waals surface area (Å²) in [6.07, 6.45) is 3.04. The van der Waals surface area contributed by atoms with Crippen molar-refractivity contribution in [2.45, 2.75) is 20.4 Å². The molecule has 0 bridgehead atoms. The molecule has 0 fully saturated rings. The van der Waals surface area contributed by atoms with Gasteiger partial charge in [-0.05, 0) is 19.4 Å². The molecule has 116 valence electrons. The maximum absolute atomic E-state index is 12.3. The zero-order chi connectivity index (χ0) is 16.2. The molecule has 1 N–H and O–H groups in total. The first-order valence-electron chi connectivity index (χ1n) is 7.30. The summed E-state index contributed by atoms with van der Waals surface area (Å²) < 4.78 is 1.77. The second kappa shape index (κ2) is 6.39. The van der Waals surface area contributed by atoms with Crippen molar-refractivity contribution in [3.63, 3.8) is 0 Å². The monoisotopic (exact) mass is 307 g/mol. The van der Waals surface area contributed by atoms with Crippen molar-refractivity contribution in [2.75, 3.05) is 5.32 Å². The Morgan fingerprint density at radius 3 is 2.57 bits per heavy atom. The van der Waals surface area contributed by atoms with E-state index in [4.69, 9.17) is 0 Å². The minimum absolute atomic E-state index is 0.278. The molecule has 0 saturated carbocycles. The van der Waals surface area contributed by atoms with Crippen LogP contribution in [0, 0.1) is 13.8 Å². The van der Waals surface area contributed by atoms with Gasteiger partial charge in [-0.25, -0.2) is 9.67 Å². The van der Waals surface area contributed by atoms with Crippen molar-refractivity contribution in [3.8, 4) is 0 Å². The van der Waals surface area contributed by atoms with Gasteiger partial charge in [0.05, 0.1) is 24.1 Å². The Hall–Kier alpha value is -3.02. The summed E-state index contributed by atoms with van der Waals surface area (Å²) >= 11 is 0. The zero-order valence-electron chi connectivity index (χ0n) is 13.0. The molecule has 0 radical (unpaired) electrons. The quantitative estimate of drug-likeness (QED) is 0.804. The van der Waals surface area contributed by atoms with Crippen LogP contribution in [0.2, 0.25) is 0 Å². The van der Waals surface area contributed by atoms with E-state index in [-0.39, 0.29) is 11.6 Å². The zero-order valence-corrected chi connectivity index (χ0v) is 13.0. The molecule has 2 aromatic heterocycles. The van der Waals surface area contributed by atoms with Gasteiger partial charge in [0.1, 0.15) is 11.5 Å². The Morgan fingerprint density at radius 1 is 1.09 bits per heavy atom. The van der Waals surface area contributed by atoms with Crippen LogP contribution >= 0.6 is 0 Å². The number of aromatic nitrogens is 4. The Bertz CT molecular complexity index is 809. The topological polar surface area (TPSA) is 72.7 Å². The first-order valence-corrected chi connectivity index (χ1v) is 7.30. The highest BCUT2D eigenvalue weighted by Gasteiger charge is 2.12. The molecule has 1 amide bonds. The molecule has 0 aliphatic carbocycles. The molecule has 0 spiro atoms. The van der Waals surface area contributed by atoms with E-state index in [1.807, 2.05) is 50.2 Å². The molecule has 0 atom stereocenters. The standard InChI is InChI=1S/C17H17N5O/c1-12-8-16(20-17(23)15-10-18-13(2)9-19-15)22(21-12)11-14-6-4-3-5-7-14/h3-10H,11H2,1-2H3,(H,20,23). The number of carbonyl (C=O) groups excluding carboxylic acids is 1. The van der Waals surface area contributed by atoms with Crippen LogP contribution in [0.3, 0.4) is 0 Å². The molecule has 1 aromatic carbocycles. The SMILES string of the molecule is Cc1cnc(C(=O)Nc2cc(C)nn2Cc2ccccc2)cn1. The number of nitrogens with one attached hydrogen (secondary N) is 1. The van der Waals surface area contributed by atoms with Gasteiger partial charge >= 0.3 is 0 Å². The van der Waals surface area contributed by atoms with Crippen LogP contribution < -0.4 is 5.32 Å². The second-order valence-electron chi connectivity index (χ2n) is 5.31. The third kappa shape index (κ3) is 3.60. The van der Waals surface area contributed by atoms with Gasteiger partial charge in [0.25, 0.3) is 5.91 Å². The number of anilines is 1. The number of hydrogen-bond donors (Lipinski definition) is 1. The molecule has 3 aromatic rings. The molecule has 3 rings (SSSR count). The van der Waals surface area contributed by atoms with Crippen LogP contribution in [-0.2, 0) is 6.54 Å². The maximum atomic E-state index is 12.3. The number of benzene rings is 1. The number of rotatable bonds is 4. The highest BCUT2D eigenvalue weighted by Crippen LogP contribution is 2.14. The highest BCUT2D eigenvalue weighted by atomic mass is 16.2. The fraction of sp³-hybridized carbons (Fsp3) is 0.176.